The van der Waals surface area contributed by atoms with Gasteiger partial charge in [-0.2, -0.15) is 0 Å². The second kappa shape index (κ2) is 4.99. The Hall–Kier alpha value is -0.840. The molecule has 0 aliphatic heterocycles. The van der Waals surface area contributed by atoms with E-state index in [1.807, 2.05) is 20.8 Å². The molecule has 0 spiro atoms. The van der Waals surface area contributed by atoms with Crippen molar-refractivity contribution in [1.29, 1.82) is 0 Å². The first-order valence-electron chi connectivity index (χ1n) is 5.39. The summed E-state index contributed by atoms with van der Waals surface area (Å²) in [6, 6.07) is 0. The highest BCUT2D eigenvalue weighted by Crippen LogP contribution is 2.21. The monoisotopic (exact) mass is 241 g/mol. The molecule has 4 nitrogen and oxygen atoms in total. The number of aromatic nitrogens is 3. The van der Waals surface area contributed by atoms with Crippen LogP contribution in [-0.2, 0) is 4.79 Å². The summed E-state index contributed by atoms with van der Waals surface area (Å²) >= 11 is 1.39. The molecule has 0 saturated carbocycles. The van der Waals surface area contributed by atoms with Crippen molar-refractivity contribution in [1.82, 2.24) is 15.2 Å². The molecule has 0 bridgehead atoms. The fraction of sp³-hybridized carbons (Fsp3) is 0.727. The summed E-state index contributed by atoms with van der Waals surface area (Å²) in [7, 11) is 0. The van der Waals surface area contributed by atoms with E-state index < -0.39 is 0 Å². The van der Waals surface area contributed by atoms with Gasteiger partial charge in [0.05, 0.1) is 5.75 Å². The third kappa shape index (κ3) is 3.63. The number of Topliss-reactive ketones (excluding diaryl/α,β-unsaturated/α-hetero) is 1. The molecule has 1 N–H and O–H groups in total. The molecule has 1 aromatic heterocycles. The first-order chi connectivity index (χ1) is 7.30. The van der Waals surface area contributed by atoms with E-state index in [4.69, 9.17) is 0 Å². The van der Waals surface area contributed by atoms with E-state index in [2.05, 4.69) is 29.0 Å². The average Bonchev–Trinajstić information content (AvgIpc) is 2.60. The molecule has 0 unspecified atom stereocenters. The van der Waals surface area contributed by atoms with Gasteiger partial charge in [-0.05, 0) is 0 Å². The molecule has 16 heavy (non-hydrogen) atoms. The van der Waals surface area contributed by atoms with Crippen molar-refractivity contribution in [3.05, 3.63) is 5.82 Å². The van der Waals surface area contributed by atoms with Gasteiger partial charge in [-0.25, -0.2) is 4.98 Å². The van der Waals surface area contributed by atoms with Crippen LogP contribution in [0.1, 0.15) is 46.4 Å². The lowest BCUT2D eigenvalue weighted by atomic mass is 9.92. The van der Waals surface area contributed by atoms with Crippen LogP contribution < -0.4 is 0 Å². The summed E-state index contributed by atoms with van der Waals surface area (Å²) in [5.41, 5.74) is -0.288. The number of hydrogen-bond donors (Lipinski definition) is 1. The summed E-state index contributed by atoms with van der Waals surface area (Å²) in [6.45, 7) is 9.87. The van der Waals surface area contributed by atoms with Gasteiger partial charge in [0.1, 0.15) is 11.6 Å². The zero-order valence-corrected chi connectivity index (χ0v) is 11.3. The summed E-state index contributed by atoms with van der Waals surface area (Å²) in [5.74, 6) is 1.85. The Kier molecular flexibility index (Phi) is 4.13. The Balaban J connectivity index is 2.52. The second-order valence-electron chi connectivity index (χ2n) is 5.12. The van der Waals surface area contributed by atoms with Gasteiger partial charge in [-0.1, -0.05) is 46.4 Å². The topological polar surface area (TPSA) is 58.6 Å². The molecule has 0 radical (unpaired) electrons. The number of thioether (sulfide) groups is 1. The Morgan fingerprint density at radius 2 is 2.06 bits per heavy atom. The van der Waals surface area contributed by atoms with Crippen molar-refractivity contribution < 1.29 is 4.79 Å². The van der Waals surface area contributed by atoms with Crippen molar-refractivity contribution in [2.45, 2.75) is 45.7 Å². The molecular weight excluding hydrogens is 222 g/mol. The van der Waals surface area contributed by atoms with E-state index in [0.717, 1.165) is 5.82 Å². The average molecular weight is 241 g/mol. The van der Waals surface area contributed by atoms with E-state index in [9.17, 15) is 4.79 Å². The molecule has 0 amide bonds. The van der Waals surface area contributed by atoms with Crippen molar-refractivity contribution in [3.63, 3.8) is 0 Å². The third-order valence-electron chi connectivity index (χ3n) is 2.20. The lowest BCUT2D eigenvalue weighted by molar-refractivity contribution is -0.123. The van der Waals surface area contributed by atoms with E-state index in [0.29, 0.717) is 16.8 Å². The van der Waals surface area contributed by atoms with Crippen molar-refractivity contribution >= 4 is 17.5 Å². The molecule has 0 aliphatic carbocycles. The van der Waals surface area contributed by atoms with Crippen LogP contribution in [0.5, 0.6) is 0 Å². The maximum atomic E-state index is 11.7. The first-order valence-corrected chi connectivity index (χ1v) is 6.37. The Morgan fingerprint density at radius 3 is 2.50 bits per heavy atom. The molecule has 90 valence electrons. The molecule has 0 saturated heterocycles. The zero-order valence-electron chi connectivity index (χ0n) is 10.5. The maximum Gasteiger partial charge on any atom is 0.208 e. The number of H-pyrrole nitrogens is 1. The van der Waals surface area contributed by atoms with Crippen molar-refractivity contribution in [2.75, 3.05) is 5.75 Å². The molecule has 0 atom stereocenters. The van der Waals surface area contributed by atoms with Crippen LogP contribution in [0.4, 0.5) is 0 Å². The van der Waals surface area contributed by atoms with Gasteiger partial charge in [0.15, 0.2) is 0 Å². The zero-order chi connectivity index (χ0) is 12.3. The number of ketones is 1. The number of aromatic amines is 1. The highest BCUT2D eigenvalue weighted by Gasteiger charge is 2.21. The normalized spacial score (nSPS) is 12.1. The fourth-order valence-corrected chi connectivity index (χ4v) is 1.89. The maximum absolute atomic E-state index is 11.7. The van der Waals surface area contributed by atoms with Crippen LogP contribution in [0.2, 0.25) is 0 Å². The van der Waals surface area contributed by atoms with Crippen molar-refractivity contribution in [3.8, 4) is 0 Å². The van der Waals surface area contributed by atoms with Crippen LogP contribution in [0.15, 0.2) is 5.16 Å². The van der Waals surface area contributed by atoms with Crippen LogP contribution in [0, 0.1) is 5.41 Å². The molecule has 0 aromatic carbocycles. The summed E-state index contributed by atoms with van der Waals surface area (Å²) < 4.78 is 0. The number of rotatable bonds is 4. The third-order valence-corrected chi connectivity index (χ3v) is 3.05. The molecule has 5 heteroatoms. The first kappa shape index (κ1) is 13.2. The highest BCUT2D eigenvalue weighted by molar-refractivity contribution is 7.99. The number of carbonyl (C=O) groups excluding carboxylic acids is 1. The van der Waals surface area contributed by atoms with Gasteiger partial charge >= 0.3 is 0 Å². The van der Waals surface area contributed by atoms with Gasteiger partial charge in [-0.15, -0.1) is 5.10 Å². The number of nitrogens with one attached hydrogen (secondary N) is 1. The molecule has 1 rings (SSSR count). The standard InChI is InChI=1S/C11H19N3OS/c1-7(2)9-12-10(14-13-9)16-6-8(15)11(3,4)5/h7H,6H2,1-5H3,(H,12,13,14). The van der Waals surface area contributed by atoms with E-state index in [1.54, 1.807) is 0 Å². The smallest absolute Gasteiger partial charge is 0.208 e. The second-order valence-corrected chi connectivity index (χ2v) is 6.06. The number of hydrogen-bond acceptors (Lipinski definition) is 4. The number of nitrogens with zero attached hydrogens (tertiary/aromatic N) is 2. The van der Waals surface area contributed by atoms with Crippen LogP contribution in [-0.4, -0.2) is 26.7 Å². The van der Waals surface area contributed by atoms with Crippen molar-refractivity contribution in [2.24, 2.45) is 5.41 Å². The minimum absolute atomic E-state index is 0.216. The Morgan fingerprint density at radius 1 is 1.44 bits per heavy atom. The van der Waals surface area contributed by atoms with Gasteiger partial charge in [0.2, 0.25) is 5.16 Å². The van der Waals surface area contributed by atoms with Crippen LogP contribution in [0.25, 0.3) is 0 Å². The minimum Gasteiger partial charge on any atom is -0.298 e. The van der Waals surface area contributed by atoms with Gasteiger partial charge in [0.25, 0.3) is 0 Å². The lowest BCUT2D eigenvalue weighted by Gasteiger charge is -2.15. The molecule has 0 aliphatic rings. The van der Waals surface area contributed by atoms with Crippen LogP contribution in [0.3, 0.4) is 0 Å². The molecule has 0 fully saturated rings. The van der Waals surface area contributed by atoms with Gasteiger partial charge < -0.3 is 0 Å². The molecule has 1 heterocycles. The minimum atomic E-state index is -0.288. The quantitative estimate of drug-likeness (QED) is 0.823. The Labute approximate surface area is 101 Å². The Bertz CT molecular complexity index is 366. The van der Waals surface area contributed by atoms with Gasteiger partial charge in [-0.3, -0.25) is 9.89 Å². The molecular formula is C11H19N3OS. The summed E-state index contributed by atoms with van der Waals surface area (Å²) in [6.07, 6.45) is 0. The number of carbonyl (C=O) groups is 1. The fourth-order valence-electron chi connectivity index (χ4n) is 0.927. The van der Waals surface area contributed by atoms with Gasteiger partial charge in [0, 0.05) is 11.3 Å². The van der Waals surface area contributed by atoms with Crippen LogP contribution >= 0.6 is 11.8 Å². The summed E-state index contributed by atoms with van der Waals surface area (Å²) in [5, 5.41) is 7.59. The SMILES string of the molecule is CC(C)c1nc(SCC(=O)C(C)(C)C)n[nH]1. The predicted octanol–water partition coefficient (Wildman–Crippen LogP) is 2.64. The highest BCUT2D eigenvalue weighted by atomic mass is 32.2. The largest absolute Gasteiger partial charge is 0.298 e. The van der Waals surface area contributed by atoms with E-state index in [-0.39, 0.29) is 11.2 Å². The van der Waals surface area contributed by atoms with E-state index in [1.165, 1.54) is 11.8 Å². The predicted molar refractivity (Wildman–Crippen MR) is 65.7 cm³/mol. The van der Waals surface area contributed by atoms with E-state index >= 15 is 0 Å². The lowest BCUT2D eigenvalue weighted by Crippen LogP contribution is -2.22. The molecule has 1 aromatic rings. The summed E-state index contributed by atoms with van der Waals surface area (Å²) in [4.78, 5) is 16.0.